The predicted octanol–water partition coefficient (Wildman–Crippen LogP) is 4.07. The minimum absolute atomic E-state index is 0.378. The molecule has 2 rings (SSSR count). The summed E-state index contributed by atoms with van der Waals surface area (Å²) in [5, 5.41) is 0.378. The summed E-state index contributed by atoms with van der Waals surface area (Å²) >= 11 is 9.30. The molecule has 0 saturated heterocycles. The van der Waals surface area contributed by atoms with E-state index in [0.717, 1.165) is 10.9 Å². The molecule has 1 aromatic heterocycles. The number of hydrogen-bond acceptors (Lipinski definition) is 3. The van der Waals surface area contributed by atoms with Gasteiger partial charge in [0.05, 0.1) is 18.4 Å². The van der Waals surface area contributed by atoms with Gasteiger partial charge < -0.3 is 4.74 Å². The van der Waals surface area contributed by atoms with E-state index in [-0.39, 0.29) is 5.97 Å². The summed E-state index contributed by atoms with van der Waals surface area (Å²) in [6.07, 6.45) is 1.41. The highest BCUT2D eigenvalue weighted by Crippen LogP contribution is 2.16. The van der Waals surface area contributed by atoms with Crippen LogP contribution in [0, 0.1) is 0 Å². The number of hydrogen-bond donors (Lipinski definition) is 0. The van der Waals surface area contributed by atoms with E-state index in [2.05, 4.69) is 20.9 Å². The topological polar surface area (TPSA) is 39.2 Å². The van der Waals surface area contributed by atoms with Crippen molar-refractivity contribution in [2.24, 2.45) is 0 Å². The molecule has 0 spiro atoms. The smallest absolute Gasteiger partial charge is 0.339 e. The number of halogens is 2. The largest absolute Gasteiger partial charge is 0.465 e. The van der Waals surface area contributed by atoms with E-state index in [1.165, 1.54) is 12.7 Å². The fraction of sp³-hybridized carbons (Fsp3) is 0.200. The van der Waals surface area contributed by atoms with Gasteiger partial charge in [-0.15, -0.1) is 0 Å². The van der Waals surface area contributed by atoms with E-state index in [4.69, 9.17) is 16.3 Å². The van der Waals surface area contributed by atoms with Gasteiger partial charge in [-0.05, 0) is 42.7 Å². The second-order valence-corrected chi connectivity index (χ2v) is 5.55. The molecule has 0 aliphatic rings. The lowest BCUT2D eigenvalue weighted by Crippen LogP contribution is -2.08. The second-order valence-electron chi connectivity index (χ2n) is 4.25. The monoisotopic (exact) mass is 353 g/mol. The molecule has 0 aliphatic carbocycles. The average molecular weight is 355 g/mol. The zero-order valence-electron chi connectivity index (χ0n) is 10.9. The highest BCUT2D eigenvalue weighted by atomic mass is 79.9. The number of esters is 1. The number of aromatic nitrogens is 1. The number of benzene rings is 1. The van der Waals surface area contributed by atoms with Crippen LogP contribution in [0.3, 0.4) is 0 Å². The lowest BCUT2D eigenvalue weighted by Gasteiger charge is -2.07. The number of aryl methyl sites for hydroxylation is 2. The number of nitrogens with zero attached hydrogens (tertiary/aromatic N) is 1. The molecule has 104 valence electrons. The van der Waals surface area contributed by atoms with Crippen LogP contribution in [-0.2, 0) is 17.6 Å². The molecule has 0 radical (unpaired) electrons. The highest BCUT2D eigenvalue weighted by molar-refractivity contribution is 9.10. The maximum absolute atomic E-state index is 11.7. The van der Waals surface area contributed by atoms with Crippen molar-refractivity contribution in [3.63, 3.8) is 0 Å². The van der Waals surface area contributed by atoms with E-state index in [1.807, 2.05) is 24.3 Å². The molecule has 0 unspecified atom stereocenters. The third-order valence-corrected chi connectivity index (χ3v) is 3.65. The molecule has 2 aromatic rings. The number of pyridine rings is 1. The van der Waals surface area contributed by atoms with Crippen molar-refractivity contribution in [2.75, 3.05) is 7.11 Å². The third kappa shape index (κ3) is 3.81. The minimum Gasteiger partial charge on any atom is -0.465 e. The molecule has 0 fully saturated rings. The van der Waals surface area contributed by atoms with E-state index >= 15 is 0 Å². The van der Waals surface area contributed by atoms with Gasteiger partial charge in [0.25, 0.3) is 0 Å². The summed E-state index contributed by atoms with van der Waals surface area (Å²) in [4.78, 5) is 15.9. The van der Waals surface area contributed by atoms with Gasteiger partial charge in [-0.25, -0.2) is 9.78 Å². The lowest BCUT2D eigenvalue weighted by molar-refractivity contribution is 0.0599. The number of ether oxygens (including phenoxy) is 1. The van der Waals surface area contributed by atoms with E-state index < -0.39 is 0 Å². The first-order chi connectivity index (χ1) is 9.60. The summed E-state index contributed by atoms with van der Waals surface area (Å²) in [7, 11) is 1.36. The van der Waals surface area contributed by atoms with Crippen LogP contribution in [0.5, 0.6) is 0 Å². The Hall–Kier alpha value is -1.39. The molecular formula is C15H13BrClNO2. The standard InChI is InChI=1S/C15H13BrClNO2/c1-20-15(19)12-7-9-14(17)18-13(12)8-4-10-2-5-11(16)6-3-10/h2-3,5-7,9H,4,8H2,1H3. The number of carbonyl (C=O) groups is 1. The van der Waals surface area contributed by atoms with Crippen LogP contribution in [0.15, 0.2) is 40.9 Å². The Bertz CT molecular complexity index is 614. The Kier molecular flexibility index (Phi) is 5.15. The van der Waals surface area contributed by atoms with Crippen molar-refractivity contribution in [2.45, 2.75) is 12.8 Å². The number of methoxy groups -OCH3 is 1. The van der Waals surface area contributed by atoms with Crippen LogP contribution < -0.4 is 0 Å². The van der Waals surface area contributed by atoms with E-state index in [1.54, 1.807) is 12.1 Å². The second kappa shape index (κ2) is 6.86. The fourth-order valence-corrected chi connectivity index (χ4v) is 2.30. The summed E-state index contributed by atoms with van der Waals surface area (Å²) in [6.45, 7) is 0. The van der Waals surface area contributed by atoms with Crippen LogP contribution in [0.4, 0.5) is 0 Å². The first-order valence-corrected chi connectivity index (χ1v) is 7.25. The Labute approximate surface area is 131 Å². The molecule has 20 heavy (non-hydrogen) atoms. The first kappa shape index (κ1) is 15.0. The number of rotatable bonds is 4. The van der Waals surface area contributed by atoms with Gasteiger partial charge in [-0.2, -0.15) is 0 Å². The van der Waals surface area contributed by atoms with Gasteiger partial charge in [-0.3, -0.25) is 0 Å². The fourth-order valence-electron chi connectivity index (χ4n) is 1.87. The van der Waals surface area contributed by atoms with Crippen molar-refractivity contribution in [1.29, 1.82) is 0 Å². The molecule has 0 saturated carbocycles. The van der Waals surface area contributed by atoms with Crippen molar-refractivity contribution in [1.82, 2.24) is 4.98 Å². The predicted molar refractivity (Wildman–Crippen MR) is 82.1 cm³/mol. The van der Waals surface area contributed by atoms with Gasteiger partial charge in [0.2, 0.25) is 0 Å². The molecule has 3 nitrogen and oxygen atoms in total. The van der Waals surface area contributed by atoms with Crippen LogP contribution in [0.2, 0.25) is 5.15 Å². The summed E-state index contributed by atoms with van der Waals surface area (Å²) in [5.41, 5.74) is 2.30. The zero-order chi connectivity index (χ0) is 14.5. The van der Waals surface area contributed by atoms with Crippen LogP contribution >= 0.6 is 27.5 Å². The van der Waals surface area contributed by atoms with Crippen molar-refractivity contribution < 1.29 is 9.53 Å². The maximum Gasteiger partial charge on any atom is 0.339 e. The molecule has 1 heterocycles. The quantitative estimate of drug-likeness (QED) is 0.614. The van der Waals surface area contributed by atoms with E-state index in [9.17, 15) is 4.79 Å². The molecule has 0 aliphatic heterocycles. The molecule has 0 N–H and O–H groups in total. The average Bonchev–Trinajstić information content (AvgIpc) is 2.46. The van der Waals surface area contributed by atoms with Crippen molar-refractivity contribution in [3.05, 3.63) is 62.8 Å². The third-order valence-electron chi connectivity index (χ3n) is 2.91. The Balaban J connectivity index is 2.17. The van der Waals surface area contributed by atoms with Gasteiger partial charge in [-0.1, -0.05) is 39.7 Å². The normalized spacial score (nSPS) is 10.3. The Morgan fingerprint density at radius 1 is 1.20 bits per heavy atom. The molecule has 0 amide bonds. The van der Waals surface area contributed by atoms with Crippen molar-refractivity contribution >= 4 is 33.5 Å². The summed E-state index contributed by atoms with van der Waals surface area (Å²) < 4.78 is 5.80. The maximum atomic E-state index is 11.7. The Morgan fingerprint density at radius 3 is 2.55 bits per heavy atom. The summed E-state index contributed by atoms with van der Waals surface area (Å²) in [5.74, 6) is -0.389. The van der Waals surface area contributed by atoms with Crippen LogP contribution in [-0.4, -0.2) is 18.1 Å². The van der Waals surface area contributed by atoms with Gasteiger partial charge in [0.1, 0.15) is 5.15 Å². The van der Waals surface area contributed by atoms with Gasteiger partial charge in [0.15, 0.2) is 0 Å². The lowest BCUT2D eigenvalue weighted by atomic mass is 10.0. The summed E-state index contributed by atoms with van der Waals surface area (Å²) in [6, 6.07) is 11.3. The van der Waals surface area contributed by atoms with Crippen LogP contribution in [0.1, 0.15) is 21.6 Å². The molecular weight excluding hydrogens is 342 g/mol. The van der Waals surface area contributed by atoms with Crippen molar-refractivity contribution in [3.8, 4) is 0 Å². The SMILES string of the molecule is COC(=O)c1ccc(Cl)nc1CCc1ccc(Br)cc1. The molecule has 1 aromatic carbocycles. The highest BCUT2D eigenvalue weighted by Gasteiger charge is 2.13. The first-order valence-electron chi connectivity index (χ1n) is 6.08. The number of carbonyl (C=O) groups excluding carboxylic acids is 1. The molecule has 0 atom stereocenters. The van der Waals surface area contributed by atoms with Crippen LogP contribution in [0.25, 0.3) is 0 Å². The molecule has 5 heteroatoms. The Morgan fingerprint density at radius 2 is 1.90 bits per heavy atom. The minimum atomic E-state index is -0.389. The molecule has 0 bridgehead atoms. The van der Waals surface area contributed by atoms with Gasteiger partial charge >= 0.3 is 5.97 Å². The van der Waals surface area contributed by atoms with E-state index in [0.29, 0.717) is 22.8 Å². The van der Waals surface area contributed by atoms with Gasteiger partial charge in [0, 0.05) is 4.47 Å². The zero-order valence-corrected chi connectivity index (χ0v) is 13.2.